The summed E-state index contributed by atoms with van der Waals surface area (Å²) in [4.78, 5) is 4.15. The van der Waals surface area contributed by atoms with Crippen molar-refractivity contribution in [1.29, 1.82) is 0 Å². The molecule has 0 aliphatic rings. The SMILES string of the molecule is CC.CC.CC(C)=Cc1oc(C)nc1C. The van der Waals surface area contributed by atoms with E-state index in [1.165, 1.54) is 5.57 Å². The fourth-order valence-electron chi connectivity index (χ4n) is 0.943. The largest absolute Gasteiger partial charge is 0.441 e. The first-order valence-electron chi connectivity index (χ1n) is 5.68. The topological polar surface area (TPSA) is 26.0 Å². The quantitative estimate of drug-likeness (QED) is 0.669. The van der Waals surface area contributed by atoms with Gasteiger partial charge in [0.15, 0.2) is 5.89 Å². The summed E-state index contributed by atoms with van der Waals surface area (Å²) in [6, 6.07) is 0. The molecule has 1 aromatic heterocycles. The third-order valence-corrected chi connectivity index (χ3v) is 1.36. The van der Waals surface area contributed by atoms with Crippen LogP contribution in [0, 0.1) is 13.8 Å². The van der Waals surface area contributed by atoms with Gasteiger partial charge in [0, 0.05) is 6.92 Å². The highest BCUT2D eigenvalue weighted by atomic mass is 16.4. The Balaban J connectivity index is 0. The summed E-state index contributed by atoms with van der Waals surface area (Å²) in [5.74, 6) is 1.61. The predicted molar refractivity (Wildman–Crippen MR) is 68.0 cm³/mol. The van der Waals surface area contributed by atoms with E-state index in [1.807, 2.05) is 61.5 Å². The monoisotopic (exact) mass is 211 g/mol. The zero-order valence-electron chi connectivity index (χ0n) is 11.4. The molecule has 0 aliphatic carbocycles. The molecule has 0 amide bonds. The van der Waals surface area contributed by atoms with Gasteiger partial charge in [-0.3, -0.25) is 0 Å². The molecule has 0 atom stereocenters. The fraction of sp³-hybridized carbons (Fsp3) is 0.615. The Kier molecular flexibility index (Phi) is 10.4. The highest BCUT2D eigenvalue weighted by Crippen LogP contribution is 2.12. The average Bonchev–Trinajstić information content (AvgIpc) is 2.51. The van der Waals surface area contributed by atoms with E-state index in [9.17, 15) is 0 Å². The molecule has 0 N–H and O–H groups in total. The smallest absolute Gasteiger partial charge is 0.191 e. The molecule has 1 aromatic rings. The molecule has 0 saturated heterocycles. The second kappa shape index (κ2) is 9.50. The summed E-state index contributed by atoms with van der Waals surface area (Å²) < 4.78 is 5.34. The van der Waals surface area contributed by atoms with Crippen molar-refractivity contribution < 1.29 is 4.42 Å². The lowest BCUT2D eigenvalue weighted by Crippen LogP contribution is -1.74. The first-order valence-corrected chi connectivity index (χ1v) is 5.68. The number of aromatic nitrogens is 1. The van der Waals surface area contributed by atoms with E-state index in [1.54, 1.807) is 0 Å². The number of hydrogen-bond donors (Lipinski definition) is 0. The van der Waals surface area contributed by atoms with Crippen LogP contribution in [0.2, 0.25) is 0 Å². The second-order valence-corrected chi connectivity index (χ2v) is 2.90. The molecule has 0 fully saturated rings. The van der Waals surface area contributed by atoms with Crippen molar-refractivity contribution in [3.8, 4) is 0 Å². The van der Waals surface area contributed by atoms with Crippen LogP contribution in [0.5, 0.6) is 0 Å². The van der Waals surface area contributed by atoms with Crippen LogP contribution in [-0.2, 0) is 0 Å². The maximum Gasteiger partial charge on any atom is 0.191 e. The van der Waals surface area contributed by atoms with Crippen LogP contribution in [-0.4, -0.2) is 4.98 Å². The van der Waals surface area contributed by atoms with Crippen LogP contribution in [0.1, 0.15) is 58.9 Å². The Bertz CT molecular complexity index is 281. The van der Waals surface area contributed by atoms with Crippen molar-refractivity contribution in [1.82, 2.24) is 4.98 Å². The minimum atomic E-state index is 0.731. The molecule has 0 spiro atoms. The molecule has 0 bridgehead atoms. The zero-order valence-corrected chi connectivity index (χ0v) is 11.4. The van der Waals surface area contributed by atoms with Gasteiger partial charge in [-0.25, -0.2) is 4.98 Å². The normalized spacial score (nSPS) is 8.00. The summed E-state index contributed by atoms with van der Waals surface area (Å²) in [7, 11) is 0. The number of hydrogen-bond acceptors (Lipinski definition) is 2. The van der Waals surface area contributed by atoms with Crippen molar-refractivity contribution >= 4 is 6.08 Å². The van der Waals surface area contributed by atoms with E-state index in [-0.39, 0.29) is 0 Å². The molecule has 2 heteroatoms. The Labute approximate surface area is 94.4 Å². The molecule has 0 aliphatic heterocycles. The van der Waals surface area contributed by atoms with E-state index in [4.69, 9.17) is 4.42 Å². The molecule has 88 valence electrons. The van der Waals surface area contributed by atoms with Crippen LogP contribution in [0.15, 0.2) is 9.99 Å². The van der Waals surface area contributed by atoms with E-state index in [0.29, 0.717) is 0 Å². The first-order chi connectivity index (χ1) is 7.09. The van der Waals surface area contributed by atoms with Crippen LogP contribution in [0.3, 0.4) is 0 Å². The Morgan fingerprint density at radius 3 is 1.80 bits per heavy atom. The highest BCUT2D eigenvalue weighted by Gasteiger charge is 2.01. The third-order valence-electron chi connectivity index (χ3n) is 1.36. The average molecular weight is 211 g/mol. The molecular weight excluding hydrogens is 186 g/mol. The Morgan fingerprint density at radius 1 is 1.07 bits per heavy atom. The molecular formula is C13H25NO. The molecule has 1 rings (SSSR count). The van der Waals surface area contributed by atoms with Gasteiger partial charge in [-0.1, -0.05) is 33.3 Å². The second-order valence-electron chi connectivity index (χ2n) is 2.90. The van der Waals surface area contributed by atoms with Crippen LogP contribution >= 0.6 is 0 Å². The lowest BCUT2D eigenvalue weighted by molar-refractivity contribution is 0.512. The van der Waals surface area contributed by atoms with Crippen molar-refractivity contribution in [2.45, 2.75) is 55.4 Å². The van der Waals surface area contributed by atoms with Gasteiger partial charge in [-0.15, -0.1) is 0 Å². The lowest BCUT2D eigenvalue weighted by Gasteiger charge is -1.87. The highest BCUT2D eigenvalue weighted by molar-refractivity contribution is 5.48. The van der Waals surface area contributed by atoms with Crippen molar-refractivity contribution in [3.63, 3.8) is 0 Å². The van der Waals surface area contributed by atoms with Crippen LogP contribution in [0.4, 0.5) is 0 Å². The molecule has 2 nitrogen and oxygen atoms in total. The zero-order chi connectivity index (χ0) is 12.4. The summed E-state index contributed by atoms with van der Waals surface area (Å²) in [5.41, 5.74) is 2.19. The summed E-state index contributed by atoms with van der Waals surface area (Å²) in [6.07, 6.45) is 2.00. The van der Waals surface area contributed by atoms with E-state index in [2.05, 4.69) is 4.98 Å². The minimum Gasteiger partial charge on any atom is -0.441 e. The standard InChI is InChI=1S/C9H13NO.2C2H6/c1-6(2)5-9-7(3)10-8(4)11-9;2*1-2/h5H,1-4H3;2*1-2H3. The van der Waals surface area contributed by atoms with Crippen molar-refractivity contribution in [3.05, 3.63) is 22.9 Å². The third kappa shape index (κ3) is 6.95. The number of rotatable bonds is 1. The molecule has 0 radical (unpaired) electrons. The molecule has 0 aromatic carbocycles. The Morgan fingerprint density at radius 2 is 1.53 bits per heavy atom. The van der Waals surface area contributed by atoms with Crippen molar-refractivity contribution in [2.75, 3.05) is 0 Å². The van der Waals surface area contributed by atoms with Gasteiger partial charge < -0.3 is 4.42 Å². The molecule has 0 unspecified atom stereocenters. The summed E-state index contributed by atoms with van der Waals surface area (Å²) >= 11 is 0. The first kappa shape index (κ1) is 16.4. The number of allylic oxidation sites excluding steroid dienone is 1. The van der Waals surface area contributed by atoms with Gasteiger partial charge in [0.1, 0.15) is 5.76 Å². The maximum atomic E-state index is 5.34. The molecule has 0 saturated carbocycles. The van der Waals surface area contributed by atoms with Gasteiger partial charge in [-0.05, 0) is 26.8 Å². The van der Waals surface area contributed by atoms with Crippen LogP contribution < -0.4 is 0 Å². The fourth-order valence-corrected chi connectivity index (χ4v) is 0.943. The van der Waals surface area contributed by atoms with Gasteiger partial charge in [-0.2, -0.15) is 0 Å². The maximum absolute atomic E-state index is 5.34. The summed E-state index contributed by atoms with van der Waals surface area (Å²) in [6.45, 7) is 15.9. The lowest BCUT2D eigenvalue weighted by atomic mass is 10.2. The molecule has 15 heavy (non-hydrogen) atoms. The number of aryl methyl sites for hydroxylation is 2. The predicted octanol–water partition coefficient (Wildman–Crippen LogP) is 4.77. The van der Waals surface area contributed by atoms with E-state index >= 15 is 0 Å². The van der Waals surface area contributed by atoms with Crippen molar-refractivity contribution in [2.24, 2.45) is 0 Å². The van der Waals surface area contributed by atoms with Gasteiger partial charge in [0.25, 0.3) is 0 Å². The van der Waals surface area contributed by atoms with Gasteiger partial charge in [0.05, 0.1) is 5.69 Å². The Hall–Kier alpha value is -1.05. The summed E-state index contributed by atoms with van der Waals surface area (Å²) in [5, 5.41) is 0. The number of nitrogens with zero attached hydrogens (tertiary/aromatic N) is 1. The van der Waals surface area contributed by atoms with E-state index < -0.39 is 0 Å². The van der Waals surface area contributed by atoms with E-state index in [0.717, 1.165) is 17.3 Å². The molecule has 1 heterocycles. The van der Waals surface area contributed by atoms with Gasteiger partial charge in [0.2, 0.25) is 0 Å². The van der Waals surface area contributed by atoms with Crippen LogP contribution in [0.25, 0.3) is 6.08 Å². The minimum absolute atomic E-state index is 0.731. The van der Waals surface area contributed by atoms with Gasteiger partial charge >= 0.3 is 0 Å². The number of oxazole rings is 1.